The van der Waals surface area contributed by atoms with Crippen molar-refractivity contribution in [1.82, 2.24) is 0 Å². The number of allylic oxidation sites excluding steroid dienone is 7. The molecule has 0 rings (SSSR count). The Hall–Kier alpha value is -1.08. The first-order chi connectivity index (χ1) is 7.56. The summed E-state index contributed by atoms with van der Waals surface area (Å²) < 4.78 is 0. The van der Waals surface area contributed by atoms with E-state index in [9.17, 15) is 0 Å². The maximum atomic E-state index is 9.14. The maximum Gasteiger partial charge on any atom is 0.0698 e. The predicted molar refractivity (Wildman–Crippen MR) is 72.4 cm³/mol. The van der Waals surface area contributed by atoms with Crippen molar-refractivity contribution in [2.75, 3.05) is 0 Å². The summed E-state index contributed by atoms with van der Waals surface area (Å²) in [6.07, 6.45) is 14.1. The largest absolute Gasteiger partial charge is 0.389 e. The molecule has 0 aromatic rings. The molecule has 0 fully saturated rings. The van der Waals surface area contributed by atoms with Gasteiger partial charge in [0.25, 0.3) is 0 Å². The van der Waals surface area contributed by atoms with E-state index in [1.807, 2.05) is 32.1 Å². The van der Waals surface area contributed by atoms with Gasteiger partial charge in [-0.15, -0.1) is 0 Å². The van der Waals surface area contributed by atoms with Gasteiger partial charge in [-0.05, 0) is 40.5 Å². The SMILES string of the molecule is CC=CCCC(C)=CC=CC(C)=CC(C)O. The van der Waals surface area contributed by atoms with E-state index in [2.05, 4.69) is 25.2 Å². The predicted octanol–water partition coefficient (Wildman–Crippen LogP) is 4.17. The molecule has 0 aliphatic heterocycles. The standard InChI is InChI=1S/C15H24O/c1-5-6-7-9-13(2)10-8-11-14(3)12-15(4)16/h5-6,8,10-12,15-16H,7,9H2,1-4H3. The summed E-state index contributed by atoms with van der Waals surface area (Å²) in [7, 11) is 0. The lowest BCUT2D eigenvalue weighted by Gasteiger charge is -1.97. The topological polar surface area (TPSA) is 20.2 Å². The van der Waals surface area contributed by atoms with Crippen LogP contribution in [0.15, 0.2) is 47.6 Å². The van der Waals surface area contributed by atoms with E-state index in [1.54, 1.807) is 6.92 Å². The molecule has 1 unspecified atom stereocenters. The molecule has 0 saturated carbocycles. The Morgan fingerprint density at radius 3 is 2.56 bits per heavy atom. The Morgan fingerprint density at radius 2 is 2.00 bits per heavy atom. The van der Waals surface area contributed by atoms with Gasteiger partial charge in [0, 0.05) is 0 Å². The molecule has 1 N–H and O–H groups in total. The smallest absolute Gasteiger partial charge is 0.0698 e. The van der Waals surface area contributed by atoms with Gasteiger partial charge in [-0.25, -0.2) is 0 Å². The van der Waals surface area contributed by atoms with Crippen LogP contribution in [0.2, 0.25) is 0 Å². The van der Waals surface area contributed by atoms with Crippen molar-refractivity contribution in [3.05, 3.63) is 47.6 Å². The average Bonchev–Trinajstić information content (AvgIpc) is 2.17. The molecule has 0 saturated heterocycles. The molecule has 90 valence electrons. The van der Waals surface area contributed by atoms with Gasteiger partial charge in [0.1, 0.15) is 0 Å². The van der Waals surface area contributed by atoms with Crippen molar-refractivity contribution < 1.29 is 5.11 Å². The summed E-state index contributed by atoms with van der Waals surface area (Å²) in [5.41, 5.74) is 2.46. The maximum absolute atomic E-state index is 9.14. The average molecular weight is 220 g/mol. The molecule has 0 aromatic heterocycles. The Kier molecular flexibility index (Phi) is 8.55. The van der Waals surface area contributed by atoms with Crippen molar-refractivity contribution in [2.45, 2.75) is 46.6 Å². The number of aliphatic hydroxyl groups is 1. The Bertz CT molecular complexity index is 291. The number of hydrogen-bond acceptors (Lipinski definition) is 1. The van der Waals surface area contributed by atoms with Crippen LogP contribution in [0, 0.1) is 0 Å². The fraction of sp³-hybridized carbons (Fsp3) is 0.467. The normalized spacial score (nSPS) is 16.3. The van der Waals surface area contributed by atoms with Crippen LogP contribution in [-0.4, -0.2) is 11.2 Å². The van der Waals surface area contributed by atoms with Gasteiger partial charge in [-0.2, -0.15) is 0 Å². The highest BCUT2D eigenvalue weighted by Gasteiger charge is 1.88. The van der Waals surface area contributed by atoms with E-state index in [1.165, 1.54) is 5.57 Å². The van der Waals surface area contributed by atoms with Crippen LogP contribution in [-0.2, 0) is 0 Å². The second-order valence-corrected chi connectivity index (χ2v) is 4.13. The molecule has 0 bridgehead atoms. The summed E-state index contributed by atoms with van der Waals surface area (Å²) in [5, 5.41) is 9.14. The van der Waals surface area contributed by atoms with Gasteiger partial charge < -0.3 is 5.11 Å². The van der Waals surface area contributed by atoms with Crippen LogP contribution < -0.4 is 0 Å². The highest BCUT2D eigenvalue weighted by Crippen LogP contribution is 2.05. The quantitative estimate of drug-likeness (QED) is 0.526. The zero-order chi connectivity index (χ0) is 12.4. The zero-order valence-electron chi connectivity index (χ0n) is 10.9. The van der Waals surface area contributed by atoms with Gasteiger partial charge in [0.2, 0.25) is 0 Å². The lowest BCUT2D eigenvalue weighted by molar-refractivity contribution is 0.243. The van der Waals surface area contributed by atoms with Gasteiger partial charge in [0.05, 0.1) is 6.10 Å². The van der Waals surface area contributed by atoms with Gasteiger partial charge in [-0.3, -0.25) is 0 Å². The molecule has 0 radical (unpaired) electrons. The Morgan fingerprint density at radius 1 is 1.31 bits per heavy atom. The molecular weight excluding hydrogens is 196 g/mol. The summed E-state index contributed by atoms with van der Waals surface area (Å²) >= 11 is 0. The minimum Gasteiger partial charge on any atom is -0.389 e. The minimum atomic E-state index is -0.371. The van der Waals surface area contributed by atoms with Crippen molar-refractivity contribution in [3.8, 4) is 0 Å². The van der Waals surface area contributed by atoms with Crippen LogP contribution in [0.5, 0.6) is 0 Å². The van der Waals surface area contributed by atoms with Crippen LogP contribution in [0.1, 0.15) is 40.5 Å². The Labute approximate surface area is 99.9 Å². The first-order valence-corrected chi connectivity index (χ1v) is 5.87. The van der Waals surface area contributed by atoms with Crippen molar-refractivity contribution in [2.24, 2.45) is 0 Å². The highest BCUT2D eigenvalue weighted by molar-refractivity contribution is 5.22. The molecule has 1 nitrogen and oxygen atoms in total. The molecule has 16 heavy (non-hydrogen) atoms. The van der Waals surface area contributed by atoms with Crippen LogP contribution in [0.25, 0.3) is 0 Å². The van der Waals surface area contributed by atoms with Crippen LogP contribution in [0.4, 0.5) is 0 Å². The van der Waals surface area contributed by atoms with Crippen LogP contribution in [0.3, 0.4) is 0 Å². The number of rotatable bonds is 6. The fourth-order valence-electron chi connectivity index (χ4n) is 1.36. The molecule has 0 aliphatic carbocycles. The second kappa shape index (κ2) is 9.17. The summed E-state index contributed by atoms with van der Waals surface area (Å²) in [4.78, 5) is 0. The molecular formula is C15H24O. The molecule has 0 spiro atoms. The van der Waals surface area contributed by atoms with E-state index in [0.29, 0.717) is 0 Å². The van der Waals surface area contributed by atoms with Gasteiger partial charge in [0.15, 0.2) is 0 Å². The van der Waals surface area contributed by atoms with Crippen molar-refractivity contribution in [3.63, 3.8) is 0 Å². The lowest BCUT2D eigenvalue weighted by Crippen LogP contribution is -1.93. The first-order valence-electron chi connectivity index (χ1n) is 5.87. The highest BCUT2D eigenvalue weighted by atomic mass is 16.3. The van der Waals surface area contributed by atoms with Gasteiger partial charge in [-0.1, -0.05) is 47.6 Å². The van der Waals surface area contributed by atoms with E-state index in [4.69, 9.17) is 5.11 Å². The first kappa shape index (κ1) is 14.9. The van der Waals surface area contributed by atoms with Gasteiger partial charge >= 0.3 is 0 Å². The molecule has 0 heterocycles. The monoisotopic (exact) mass is 220 g/mol. The second-order valence-electron chi connectivity index (χ2n) is 4.13. The molecule has 0 amide bonds. The van der Waals surface area contributed by atoms with E-state index in [0.717, 1.165) is 18.4 Å². The van der Waals surface area contributed by atoms with Crippen molar-refractivity contribution in [1.29, 1.82) is 0 Å². The summed E-state index contributed by atoms with van der Waals surface area (Å²) in [6, 6.07) is 0. The third kappa shape index (κ3) is 9.47. The fourth-order valence-corrected chi connectivity index (χ4v) is 1.36. The molecule has 1 heteroatoms. The lowest BCUT2D eigenvalue weighted by atomic mass is 10.1. The molecule has 0 aromatic carbocycles. The zero-order valence-corrected chi connectivity index (χ0v) is 10.9. The van der Waals surface area contributed by atoms with E-state index in [-0.39, 0.29) is 6.10 Å². The number of aliphatic hydroxyl groups excluding tert-OH is 1. The van der Waals surface area contributed by atoms with E-state index < -0.39 is 0 Å². The Balaban J connectivity index is 4.09. The molecule has 0 aliphatic rings. The summed E-state index contributed by atoms with van der Waals surface area (Å²) in [5.74, 6) is 0. The third-order valence-corrected chi connectivity index (χ3v) is 2.18. The number of hydrogen-bond donors (Lipinski definition) is 1. The van der Waals surface area contributed by atoms with E-state index >= 15 is 0 Å². The summed E-state index contributed by atoms with van der Waals surface area (Å²) in [6.45, 7) is 7.94. The minimum absolute atomic E-state index is 0.371. The van der Waals surface area contributed by atoms with Crippen LogP contribution >= 0.6 is 0 Å². The van der Waals surface area contributed by atoms with Crippen molar-refractivity contribution >= 4 is 0 Å². The third-order valence-electron chi connectivity index (χ3n) is 2.18. The molecule has 1 atom stereocenters.